The molecule has 2 rings (SSSR count). The number of hydrogen-bond acceptors (Lipinski definition) is 3. The molecule has 1 amide bonds. The van der Waals surface area contributed by atoms with E-state index in [2.05, 4.69) is 10.3 Å². The number of aromatic nitrogens is 1. The molecular weight excluding hydrogens is 228 g/mol. The van der Waals surface area contributed by atoms with E-state index in [0.29, 0.717) is 18.2 Å². The Morgan fingerprint density at radius 2 is 2.06 bits per heavy atom. The highest BCUT2D eigenvalue weighted by atomic mass is 16.5. The molecule has 92 valence electrons. The highest BCUT2D eigenvalue weighted by molar-refractivity contribution is 5.87. The van der Waals surface area contributed by atoms with Crippen LogP contribution in [0.5, 0.6) is 5.75 Å². The smallest absolute Gasteiger partial charge is 0.222 e. The van der Waals surface area contributed by atoms with Crippen LogP contribution >= 0.6 is 0 Å². The van der Waals surface area contributed by atoms with E-state index in [4.69, 9.17) is 4.74 Å². The number of pyridine rings is 1. The molecule has 18 heavy (non-hydrogen) atoms. The van der Waals surface area contributed by atoms with Crippen molar-refractivity contribution < 1.29 is 9.53 Å². The van der Waals surface area contributed by atoms with Crippen LogP contribution in [0, 0.1) is 0 Å². The number of carbonyl (C=O) groups excluding carboxylic acids is 1. The number of rotatable bonds is 4. The SMILES string of the molecule is CC(=O)Nc1cc(OCc2ccccc2)ccn1. The van der Waals surface area contributed by atoms with Gasteiger partial charge in [0.2, 0.25) is 5.91 Å². The Morgan fingerprint density at radius 3 is 2.78 bits per heavy atom. The second-order valence-corrected chi connectivity index (χ2v) is 3.83. The lowest BCUT2D eigenvalue weighted by Gasteiger charge is -2.07. The second kappa shape index (κ2) is 5.82. The Balaban J connectivity index is 1.99. The van der Waals surface area contributed by atoms with Gasteiger partial charge in [0.1, 0.15) is 18.2 Å². The topological polar surface area (TPSA) is 51.2 Å². The summed E-state index contributed by atoms with van der Waals surface area (Å²) in [7, 11) is 0. The largest absolute Gasteiger partial charge is 0.489 e. The van der Waals surface area contributed by atoms with Crippen molar-refractivity contribution >= 4 is 11.7 Å². The molecule has 0 aliphatic carbocycles. The Hall–Kier alpha value is -2.36. The fourth-order valence-electron chi connectivity index (χ4n) is 1.49. The molecule has 0 saturated heterocycles. The molecule has 1 N–H and O–H groups in total. The number of anilines is 1. The molecule has 1 aromatic heterocycles. The van der Waals surface area contributed by atoms with E-state index < -0.39 is 0 Å². The van der Waals surface area contributed by atoms with Gasteiger partial charge in [-0.25, -0.2) is 4.98 Å². The number of amides is 1. The molecule has 0 aliphatic heterocycles. The van der Waals surface area contributed by atoms with E-state index in [0.717, 1.165) is 5.56 Å². The van der Waals surface area contributed by atoms with Gasteiger partial charge in [0.15, 0.2) is 0 Å². The average Bonchev–Trinajstić information content (AvgIpc) is 2.37. The zero-order valence-electron chi connectivity index (χ0n) is 10.1. The summed E-state index contributed by atoms with van der Waals surface area (Å²) >= 11 is 0. The van der Waals surface area contributed by atoms with Gasteiger partial charge in [-0.15, -0.1) is 0 Å². The van der Waals surface area contributed by atoms with Gasteiger partial charge in [-0.05, 0) is 11.6 Å². The maximum Gasteiger partial charge on any atom is 0.222 e. The van der Waals surface area contributed by atoms with Crippen LogP contribution in [-0.4, -0.2) is 10.9 Å². The Bertz CT molecular complexity index is 526. The molecule has 0 atom stereocenters. The summed E-state index contributed by atoms with van der Waals surface area (Å²) in [5, 5.41) is 2.61. The molecule has 0 aliphatic rings. The van der Waals surface area contributed by atoms with Crippen LogP contribution in [0.2, 0.25) is 0 Å². The predicted molar refractivity (Wildman–Crippen MR) is 69.3 cm³/mol. The summed E-state index contributed by atoms with van der Waals surface area (Å²) in [6.07, 6.45) is 1.60. The van der Waals surface area contributed by atoms with Gasteiger partial charge in [0.25, 0.3) is 0 Å². The minimum Gasteiger partial charge on any atom is -0.489 e. The first kappa shape index (κ1) is 12.1. The molecule has 1 heterocycles. The molecule has 0 bridgehead atoms. The van der Waals surface area contributed by atoms with Crippen molar-refractivity contribution in [2.75, 3.05) is 5.32 Å². The van der Waals surface area contributed by atoms with Crippen LogP contribution < -0.4 is 10.1 Å². The quantitative estimate of drug-likeness (QED) is 0.896. The number of nitrogens with zero attached hydrogens (tertiary/aromatic N) is 1. The number of carbonyl (C=O) groups is 1. The lowest BCUT2D eigenvalue weighted by molar-refractivity contribution is -0.114. The maximum atomic E-state index is 10.9. The minimum absolute atomic E-state index is 0.150. The number of benzene rings is 1. The normalized spacial score (nSPS) is 9.83. The van der Waals surface area contributed by atoms with Gasteiger partial charge in [-0.3, -0.25) is 4.79 Å². The summed E-state index contributed by atoms with van der Waals surface area (Å²) in [4.78, 5) is 14.9. The van der Waals surface area contributed by atoms with Gasteiger partial charge >= 0.3 is 0 Å². The summed E-state index contributed by atoms with van der Waals surface area (Å²) < 4.78 is 5.62. The van der Waals surface area contributed by atoms with E-state index in [1.165, 1.54) is 6.92 Å². The number of nitrogens with one attached hydrogen (secondary N) is 1. The summed E-state index contributed by atoms with van der Waals surface area (Å²) in [5.74, 6) is 1.02. The van der Waals surface area contributed by atoms with E-state index in [1.807, 2.05) is 30.3 Å². The molecule has 0 radical (unpaired) electrons. The lowest BCUT2D eigenvalue weighted by atomic mass is 10.2. The first-order valence-corrected chi connectivity index (χ1v) is 5.64. The van der Waals surface area contributed by atoms with Crippen LogP contribution in [0.3, 0.4) is 0 Å². The lowest BCUT2D eigenvalue weighted by Crippen LogP contribution is -2.07. The molecular formula is C14H14N2O2. The summed E-state index contributed by atoms with van der Waals surface area (Å²) in [6.45, 7) is 1.93. The van der Waals surface area contributed by atoms with Crippen LogP contribution in [-0.2, 0) is 11.4 Å². The van der Waals surface area contributed by atoms with Gasteiger partial charge < -0.3 is 10.1 Å². The minimum atomic E-state index is -0.150. The van der Waals surface area contributed by atoms with E-state index in [9.17, 15) is 4.79 Å². The van der Waals surface area contributed by atoms with Crippen molar-refractivity contribution in [3.05, 3.63) is 54.2 Å². The van der Waals surface area contributed by atoms with E-state index >= 15 is 0 Å². The molecule has 4 nitrogen and oxygen atoms in total. The van der Waals surface area contributed by atoms with Crippen molar-refractivity contribution in [1.82, 2.24) is 4.98 Å². The van der Waals surface area contributed by atoms with E-state index in [-0.39, 0.29) is 5.91 Å². The van der Waals surface area contributed by atoms with Crippen molar-refractivity contribution in [1.29, 1.82) is 0 Å². The van der Waals surface area contributed by atoms with Gasteiger partial charge in [0.05, 0.1) is 0 Å². The molecule has 0 saturated carbocycles. The van der Waals surface area contributed by atoms with Crippen molar-refractivity contribution in [3.8, 4) is 5.75 Å². The highest BCUT2D eigenvalue weighted by Gasteiger charge is 2.00. The van der Waals surface area contributed by atoms with E-state index in [1.54, 1.807) is 18.3 Å². The van der Waals surface area contributed by atoms with Crippen molar-refractivity contribution in [3.63, 3.8) is 0 Å². The zero-order chi connectivity index (χ0) is 12.8. The third-order valence-corrected chi connectivity index (χ3v) is 2.28. The zero-order valence-corrected chi connectivity index (χ0v) is 10.1. The molecule has 4 heteroatoms. The first-order chi connectivity index (χ1) is 8.74. The Morgan fingerprint density at radius 1 is 1.28 bits per heavy atom. The third-order valence-electron chi connectivity index (χ3n) is 2.28. The first-order valence-electron chi connectivity index (χ1n) is 5.64. The molecule has 1 aromatic carbocycles. The van der Waals surface area contributed by atoms with Gasteiger partial charge in [-0.2, -0.15) is 0 Å². The molecule has 0 unspecified atom stereocenters. The second-order valence-electron chi connectivity index (χ2n) is 3.83. The van der Waals surface area contributed by atoms with Gasteiger partial charge in [0, 0.05) is 19.2 Å². The predicted octanol–water partition coefficient (Wildman–Crippen LogP) is 2.62. The monoisotopic (exact) mass is 242 g/mol. The molecule has 2 aromatic rings. The van der Waals surface area contributed by atoms with Crippen LogP contribution in [0.15, 0.2) is 48.7 Å². The maximum absolute atomic E-state index is 10.9. The third kappa shape index (κ3) is 3.59. The van der Waals surface area contributed by atoms with Gasteiger partial charge in [-0.1, -0.05) is 30.3 Å². The van der Waals surface area contributed by atoms with Crippen molar-refractivity contribution in [2.24, 2.45) is 0 Å². The number of ether oxygens (including phenoxy) is 1. The highest BCUT2D eigenvalue weighted by Crippen LogP contribution is 2.16. The molecule has 0 spiro atoms. The fourth-order valence-corrected chi connectivity index (χ4v) is 1.49. The Labute approximate surface area is 106 Å². The van der Waals surface area contributed by atoms with Crippen molar-refractivity contribution in [2.45, 2.75) is 13.5 Å². The fraction of sp³-hybridized carbons (Fsp3) is 0.143. The van der Waals surface area contributed by atoms with Crippen LogP contribution in [0.25, 0.3) is 0 Å². The summed E-state index contributed by atoms with van der Waals surface area (Å²) in [6, 6.07) is 13.3. The number of hydrogen-bond donors (Lipinski definition) is 1. The average molecular weight is 242 g/mol. The Kier molecular flexibility index (Phi) is 3.91. The molecule has 0 fully saturated rings. The van der Waals surface area contributed by atoms with Crippen LogP contribution in [0.4, 0.5) is 5.82 Å². The van der Waals surface area contributed by atoms with Crippen LogP contribution in [0.1, 0.15) is 12.5 Å². The standard InChI is InChI=1S/C14H14N2O2/c1-11(17)16-14-9-13(7-8-15-14)18-10-12-5-3-2-4-6-12/h2-9H,10H2,1H3,(H,15,16,17). The summed E-state index contributed by atoms with van der Waals surface area (Å²) in [5.41, 5.74) is 1.09.